The first kappa shape index (κ1) is 17.6. The molecular formula is C19H20N3OS3+. The van der Waals surface area contributed by atoms with E-state index in [9.17, 15) is 4.79 Å². The fourth-order valence-electron chi connectivity index (χ4n) is 3.05. The zero-order valence-corrected chi connectivity index (χ0v) is 17.1. The predicted octanol–water partition coefficient (Wildman–Crippen LogP) is 3.69. The summed E-state index contributed by atoms with van der Waals surface area (Å²) < 4.78 is 0. The van der Waals surface area contributed by atoms with Crippen molar-refractivity contribution in [2.24, 2.45) is 0 Å². The van der Waals surface area contributed by atoms with Crippen LogP contribution in [0, 0.1) is 6.92 Å². The van der Waals surface area contributed by atoms with Gasteiger partial charge in [0.25, 0.3) is 5.56 Å². The van der Waals surface area contributed by atoms with E-state index in [1.165, 1.54) is 14.7 Å². The number of thiophene rings is 3. The molecule has 0 aliphatic heterocycles. The molecule has 4 nitrogen and oxygen atoms in total. The van der Waals surface area contributed by atoms with Gasteiger partial charge in [0.15, 0.2) is 5.82 Å². The maximum Gasteiger partial charge on any atom is 0.260 e. The number of nitrogens with one attached hydrogen (secondary N) is 2. The molecule has 4 rings (SSSR count). The minimum Gasteiger partial charge on any atom is -0.324 e. The molecule has 0 saturated heterocycles. The second-order valence-corrected chi connectivity index (χ2v) is 9.47. The number of fused-ring (bicyclic) bond motifs is 1. The molecule has 7 heteroatoms. The van der Waals surface area contributed by atoms with Crippen LogP contribution in [-0.4, -0.2) is 16.5 Å². The Labute approximate surface area is 163 Å². The van der Waals surface area contributed by atoms with Crippen molar-refractivity contribution in [2.75, 3.05) is 6.54 Å². The Hall–Kier alpha value is -1.80. The number of rotatable bonds is 6. The Bertz CT molecular complexity index is 1080. The molecule has 0 bridgehead atoms. The minimum absolute atomic E-state index is 0.0288. The molecule has 0 fully saturated rings. The molecule has 4 heterocycles. The van der Waals surface area contributed by atoms with E-state index in [2.05, 4.69) is 53.9 Å². The van der Waals surface area contributed by atoms with Crippen LogP contribution in [0.4, 0.5) is 0 Å². The third-order valence-corrected chi connectivity index (χ3v) is 7.20. The molecule has 1 atom stereocenters. The third kappa shape index (κ3) is 3.53. The molecule has 1 unspecified atom stereocenters. The predicted molar refractivity (Wildman–Crippen MR) is 112 cm³/mol. The van der Waals surface area contributed by atoms with Crippen LogP contribution in [0.2, 0.25) is 0 Å². The standard InChI is InChI=1S/C19H19N3OS3/c1-3-22(9-13-5-4-8-24-13)10-16-20-18(23)17-14(11-25-19(17)21-16)15-7-6-12(2)26-15/h4-8,11H,3,9-10H2,1-2H3,(H,20,21,23)/p+1. The van der Waals surface area contributed by atoms with E-state index in [1.807, 2.05) is 0 Å². The monoisotopic (exact) mass is 402 g/mol. The van der Waals surface area contributed by atoms with Gasteiger partial charge in [0.2, 0.25) is 0 Å². The van der Waals surface area contributed by atoms with Gasteiger partial charge in [-0.05, 0) is 37.4 Å². The number of aromatic nitrogens is 2. The van der Waals surface area contributed by atoms with Crippen molar-refractivity contribution in [3.05, 3.63) is 61.0 Å². The molecule has 0 aromatic carbocycles. The lowest BCUT2D eigenvalue weighted by atomic mass is 10.2. The highest BCUT2D eigenvalue weighted by Crippen LogP contribution is 2.34. The van der Waals surface area contributed by atoms with Gasteiger partial charge in [-0.25, -0.2) is 4.98 Å². The molecule has 0 amide bonds. The topological polar surface area (TPSA) is 50.2 Å². The Morgan fingerprint density at radius 1 is 1.19 bits per heavy atom. The maximum atomic E-state index is 12.8. The Morgan fingerprint density at radius 2 is 2.08 bits per heavy atom. The molecular weight excluding hydrogens is 382 g/mol. The molecule has 4 aromatic heterocycles. The van der Waals surface area contributed by atoms with Crippen LogP contribution in [0.1, 0.15) is 22.5 Å². The lowest BCUT2D eigenvalue weighted by Gasteiger charge is -2.16. The zero-order chi connectivity index (χ0) is 18.1. The van der Waals surface area contributed by atoms with E-state index < -0.39 is 0 Å². The van der Waals surface area contributed by atoms with E-state index in [0.717, 1.165) is 46.1 Å². The molecule has 0 aliphatic carbocycles. The Morgan fingerprint density at radius 3 is 2.77 bits per heavy atom. The van der Waals surface area contributed by atoms with E-state index >= 15 is 0 Å². The Balaban J connectivity index is 1.64. The summed E-state index contributed by atoms with van der Waals surface area (Å²) in [4.78, 5) is 26.5. The molecule has 0 aliphatic rings. The number of aryl methyl sites for hydroxylation is 1. The summed E-state index contributed by atoms with van der Waals surface area (Å²) in [5, 5.41) is 4.88. The lowest BCUT2D eigenvalue weighted by Crippen LogP contribution is -3.09. The lowest BCUT2D eigenvalue weighted by molar-refractivity contribution is -0.926. The number of quaternary nitrogens is 1. The van der Waals surface area contributed by atoms with E-state index in [0.29, 0.717) is 0 Å². The SMILES string of the molecule is CC[NH+](Cc1nc2scc(-c3ccc(C)s3)c2c(=O)[nH]1)Cc1cccs1. The normalized spacial score (nSPS) is 12.7. The first-order valence-corrected chi connectivity index (χ1v) is 11.1. The third-order valence-electron chi connectivity index (χ3n) is 4.42. The van der Waals surface area contributed by atoms with Gasteiger partial charge in [0, 0.05) is 20.7 Å². The smallest absolute Gasteiger partial charge is 0.260 e. The number of nitrogens with zero attached hydrogens (tertiary/aromatic N) is 1. The zero-order valence-electron chi connectivity index (χ0n) is 14.7. The van der Waals surface area contributed by atoms with Gasteiger partial charge in [0.1, 0.15) is 17.9 Å². The van der Waals surface area contributed by atoms with Crippen LogP contribution < -0.4 is 10.5 Å². The number of H-pyrrole nitrogens is 1. The summed E-state index contributed by atoms with van der Waals surface area (Å²) in [6.45, 7) is 6.93. The quantitative estimate of drug-likeness (QED) is 0.517. The van der Waals surface area contributed by atoms with Gasteiger partial charge in [-0.3, -0.25) is 4.79 Å². The van der Waals surface area contributed by atoms with Gasteiger partial charge < -0.3 is 9.88 Å². The average Bonchev–Trinajstić information content (AvgIpc) is 3.34. The molecule has 0 radical (unpaired) electrons. The van der Waals surface area contributed by atoms with E-state index in [4.69, 9.17) is 4.98 Å². The van der Waals surface area contributed by atoms with Crippen LogP contribution in [0.5, 0.6) is 0 Å². The summed E-state index contributed by atoms with van der Waals surface area (Å²) >= 11 is 5.04. The fourth-order valence-corrected chi connectivity index (χ4v) is 5.75. The number of aromatic amines is 1. The molecule has 26 heavy (non-hydrogen) atoms. The first-order chi connectivity index (χ1) is 12.6. The molecule has 0 saturated carbocycles. The summed E-state index contributed by atoms with van der Waals surface area (Å²) in [7, 11) is 0. The van der Waals surface area contributed by atoms with Crippen LogP contribution in [-0.2, 0) is 13.1 Å². The Kier molecular flexibility index (Phi) is 5.04. The van der Waals surface area contributed by atoms with Crippen molar-refractivity contribution in [3.8, 4) is 10.4 Å². The average molecular weight is 403 g/mol. The summed E-state index contributed by atoms with van der Waals surface area (Å²) in [6, 6.07) is 8.42. The highest BCUT2D eigenvalue weighted by atomic mass is 32.1. The molecule has 2 N–H and O–H groups in total. The van der Waals surface area contributed by atoms with Crippen molar-refractivity contribution in [2.45, 2.75) is 26.9 Å². The van der Waals surface area contributed by atoms with Crippen LogP contribution >= 0.6 is 34.0 Å². The van der Waals surface area contributed by atoms with Crippen molar-refractivity contribution in [3.63, 3.8) is 0 Å². The minimum atomic E-state index is -0.0288. The van der Waals surface area contributed by atoms with Crippen molar-refractivity contribution in [1.29, 1.82) is 0 Å². The van der Waals surface area contributed by atoms with Gasteiger partial charge >= 0.3 is 0 Å². The van der Waals surface area contributed by atoms with Crippen molar-refractivity contribution >= 4 is 44.2 Å². The molecule has 134 valence electrons. The summed E-state index contributed by atoms with van der Waals surface area (Å²) in [5.41, 5.74) is 0.973. The molecule has 0 spiro atoms. The van der Waals surface area contributed by atoms with Crippen LogP contribution in [0.25, 0.3) is 20.7 Å². The maximum absolute atomic E-state index is 12.8. The fraction of sp³-hybridized carbons (Fsp3) is 0.263. The second-order valence-electron chi connectivity index (χ2n) is 6.29. The molecule has 4 aromatic rings. The van der Waals surface area contributed by atoms with Crippen molar-refractivity contribution < 1.29 is 4.90 Å². The second kappa shape index (κ2) is 7.44. The van der Waals surface area contributed by atoms with Crippen molar-refractivity contribution in [1.82, 2.24) is 9.97 Å². The summed E-state index contributed by atoms with van der Waals surface area (Å²) in [5.74, 6) is 0.770. The van der Waals surface area contributed by atoms with E-state index in [-0.39, 0.29) is 5.56 Å². The first-order valence-electron chi connectivity index (χ1n) is 8.57. The number of hydrogen-bond acceptors (Lipinski definition) is 5. The van der Waals surface area contributed by atoms with Gasteiger partial charge in [-0.2, -0.15) is 0 Å². The van der Waals surface area contributed by atoms with Crippen LogP contribution in [0.15, 0.2) is 39.8 Å². The van der Waals surface area contributed by atoms with Gasteiger partial charge in [0.05, 0.1) is 16.8 Å². The highest BCUT2D eigenvalue weighted by Gasteiger charge is 2.16. The van der Waals surface area contributed by atoms with Crippen LogP contribution in [0.3, 0.4) is 0 Å². The van der Waals surface area contributed by atoms with Gasteiger partial charge in [-0.1, -0.05) is 6.07 Å². The summed E-state index contributed by atoms with van der Waals surface area (Å²) in [6.07, 6.45) is 0. The highest BCUT2D eigenvalue weighted by molar-refractivity contribution is 7.19. The number of hydrogen-bond donors (Lipinski definition) is 2. The largest absolute Gasteiger partial charge is 0.324 e. The van der Waals surface area contributed by atoms with E-state index in [1.54, 1.807) is 34.0 Å². The van der Waals surface area contributed by atoms with Gasteiger partial charge in [-0.15, -0.1) is 34.0 Å².